The molecule has 64 valence electrons. The first-order valence-electron chi connectivity index (χ1n) is 3.93. The van der Waals surface area contributed by atoms with E-state index in [-0.39, 0.29) is 0 Å². The highest BCUT2D eigenvalue weighted by atomic mass is 16.5. The van der Waals surface area contributed by atoms with Crippen LogP contribution in [0.2, 0.25) is 0 Å². The minimum absolute atomic E-state index is 0.429. The van der Waals surface area contributed by atoms with Gasteiger partial charge in [-0.25, -0.2) is 0 Å². The Kier molecular flexibility index (Phi) is 7.23. The molecule has 1 N–H and O–H groups in total. The van der Waals surface area contributed by atoms with Crippen LogP contribution in [-0.4, -0.2) is 26.3 Å². The zero-order chi connectivity index (χ0) is 8.53. The van der Waals surface area contributed by atoms with E-state index in [2.05, 4.69) is 24.1 Å². The molecule has 0 aliphatic carbocycles. The lowest BCUT2D eigenvalue weighted by Crippen LogP contribution is -2.30. The Hall–Kier alpha value is -0.520. The molecule has 0 heterocycles. The fourth-order valence-corrected chi connectivity index (χ4v) is 0.815. The summed E-state index contributed by atoms with van der Waals surface area (Å²) in [4.78, 5) is 0. The fourth-order valence-electron chi connectivity index (χ4n) is 0.815. The quantitative estimate of drug-likeness (QED) is 0.473. The predicted octanol–water partition coefficient (Wildman–Crippen LogP) is 1.02. The topological polar surface area (TPSA) is 21.3 Å². The second-order valence-electron chi connectivity index (χ2n) is 2.49. The molecule has 0 aliphatic heterocycles. The van der Waals surface area contributed by atoms with Crippen LogP contribution in [0.5, 0.6) is 0 Å². The molecule has 2 heteroatoms. The Bertz CT molecular complexity index is 134. The molecule has 11 heavy (non-hydrogen) atoms. The van der Waals surface area contributed by atoms with Crippen molar-refractivity contribution in [2.24, 2.45) is 0 Å². The van der Waals surface area contributed by atoms with Crippen LogP contribution in [0.4, 0.5) is 0 Å². The molecule has 0 bridgehead atoms. The first-order valence-corrected chi connectivity index (χ1v) is 3.93. The smallest absolute Gasteiger partial charge is 0.0613 e. The molecule has 0 fully saturated rings. The summed E-state index contributed by atoms with van der Waals surface area (Å²) in [7, 11) is 1.71. The average molecular weight is 155 g/mol. The van der Waals surface area contributed by atoms with Crippen LogP contribution in [0, 0.1) is 11.8 Å². The van der Waals surface area contributed by atoms with Gasteiger partial charge in [0.2, 0.25) is 0 Å². The normalized spacial score (nSPS) is 11.9. The Labute approximate surface area is 69.3 Å². The van der Waals surface area contributed by atoms with Gasteiger partial charge in [-0.05, 0) is 13.8 Å². The van der Waals surface area contributed by atoms with Gasteiger partial charge in [-0.15, -0.1) is 11.8 Å². The molecule has 2 nitrogen and oxygen atoms in total. The molecule has 1 unspecified atom stereocenters. The van der Waals surface area contributed by atoms with E-state index in [4.69, 9.17) is 4.74 Å². The Morgan fingerprint density at radius 2 is 2.27 bits per heavy atom. The van der Waals surface area contributed by atoms with E-state index < -0.39 is 0 Å². The molecule has 0 aromatic carbocycles. The van der Waals surface area contributed by atoms with E-state index in [9.17, 15) is 0 Å². The van der Waals surface area contributed by atoms with E-state index in [1.165, 1.54) is 0 Å². The lowest BCUT2D eigenvalue weighted by Gasteiger charge is -2.10. The SMILES string of the molecule is CC#CCCNC(C)COC. The van der Waals surface area contributed by atoms with Gasteiger partial charge in [-0.1, -0.05) is 0 Å². The van der Waals surface area contributed by atoms with Crippen molar-refractivity contribution in [1.82, 2.24) is 5.32 Å². The number of hydrogen-bond donors (Lipinski definition) is 1. The van der Waals surface area contributed by atoms with Crippen molar-refractivity contribution in [2.45, 2.75) is 26.3 Å². The number of ether oxygens (including phenoxy) is 1. The summed E-state index contributed by atoms with van der Waals surface area (Å²) < 4.78 is 4.96. The molecule has 0 rings (SSSR count). The van der Waals surface area contributed by atoms with E-state index in [0.29, 0.717) is 6.04 Å². The molecule has 0 aromatic heterocycles. The second kappa shape index (κ2) is 7.59. The highest BCUT2D eigenvalue weighted by Crippen LogP contribution is 1.82. The number of rotatable bonds is 5. The minimum Gasteiger partial charge on any atom is -0.383 e. The van der Waals surface area contributed by atoms with E-state index in [1.54, 1.807) is 7.11 Å². The van der Waals surface area contributed by atoms with E-state index in [0.717, 1.165) is 19.6 Å². The molecular weight excluding hydrogens is 138 g/mol. The predicted molar refractivity (Wildman–Crippen MR) is 47.4 cm³/mol. The molecular formula is C9H17NO. The van der Waals surface area contributed by atoms with Crippen molar-refractivity contribution in [3.8, 4) is 11.8 Å². The summed E-state index contributed by atoms with van der Waals surface area (Å²) in [5.74, 6) is 5.84. The zero-order valence-electron chi connectivity index (χ0n) is 7.61. The summed E-state index contributed by atoms with van der Waals surface area (Å²) in [6, 6.07) is 0.429. The van der Waals surface area contributed by atoms with E-state index in [1.807, 2.05) is 6.92 Å². The molecule has 0 aromatic rings. The summed E-state index contributed by atoms with van der Waals surface area (Å²) in [6.45, 7) is 5.67. The minimum atomic E-state index is 0.429. The maximum absolute atomic E-state index is 4.96. The maximum atomic E-state index is 4.96. The fraction of sp³-hybridized carbons (Fsp3) is 0.778. The number of methoxy groups -OCH3 is 1. The average Bonchev–Trinajstić information content (AvgIpc) is 1.99. The van der Waals surface area contributed by atoms with Crippen LogP contribution in [0.25, 0.3) is 0 Å². The Balaban J connectivity index is 3.14. The van der Waals surface area contributed by atoms with Crippen molar-refractivity contribution in [3.63, 3.8) is 0 Å². The van der Waals surface area contributed by atoms with Gasteiger partial charge in [0.05, 0.1) is 6.61 Å². The van der Waals surface area contributed by atoms with Crippen molar-refractivity contribution in [1.29, 1.82) is 0 Å². The maximum Gasteiger partial charge on any atom is 0.0613 e. The van der Waals surface area contributed by atoms with Crippen LogP contribution < -0.4 is 5.32 Å². The number of hydrogen-bond acceptors (Lipinski definition) is 2. The van der Waals surface area contributed by atoms with Crippen LogP contribution in [-0.2, 0) is 4.74 Å². The van der Waals surface area contributed by atoms with Crippen molar-refractivity contribution < 1.29 is 4.74 Å². The van der Waals surface area contributed by atoms with Crippen molar-refractivity contribution >= 4 is 0 Å². The molecule has 0 amide bonds. The van der Waals surface area contributed by atoms with Gasteiger partial charge in [0.1, 0.15) is 0 Å². The third-order valence-electron chi connectivity index (χ3n) is 1.34. The van der Waals surface area contributed by atoms with Gasteiger partial charge in [0.25, 0.3) is 0 Å². The molecule has 0 spiro atoms. The first kappa shape index (κ1) is 10.5. The monoisotopic (exact) mass is 155 g/mol. The standard InChI is InChI=1S/C9H17NO/c1-4-5-6-7-10-9(2)8-11-3/h9-10H,6-8H2,1-3H3. The van der Waals surface area contributed by atoms with Gasteiger partial charge in [-0.2, -0.15) is 0 Å². The van der Waals surface area contributed by atoms with Gasteiger partial charge in [-0.3, -0.25) is 0 Å². The highest BCUT2D eigenvalue weighted by molar-refractivity contribution is 4.95. The largest absolute Gasteiger partial charge is 0.383 e. The molecule has 0 radical (unpaired) electrons. The summed E-state index contributed by atoms with van der Waals surface area (Å²) in [6.07, 6.45) is 0.921. The van der Waals surface area contributed by atoms with Crippen LogP contribution >= 0.6 is 0 Å². The molecule has 0 saturated heterocycles. The van der Waals surface area contributed by atoms with Crippen molar-refractivity contribution in [2.75, 3.05) is 20.3 Å². The lowest BCUT2D eigenvalue weighted by atomic mass is 10.3. The van der Waals surface area contributed by atoms with Crippen molar-refractivity contribution in [3.05, 3.63) is 0 Å². The summed E-state index contributed by atoms with van der Waals surface area (Å²) in [5.41, 5.74) is 0. The van der Waals surface area contributed by atoms with Gasteiger partial charge in [0.15, 0.2) is 0 Å². The third-order valence-corrected chi connectivity index (χ3v) is 1.34. The molecule has 0 saturated carbocycles. The Morgan fingerprint density at radius 1 is 1.55 bits per heavy atom. The summed E-state index contributed by atoms with van der Waals surface area (Å²) in [5, 5.41) is 3.29. The lowest BCUT2D eigenvalue weighted by molar-refractivity contribution is 0.172. The molecule has 1 atom stereocenters. The third kappa shape index (κ3) is 7.38. The van der Waals surface area contributed by atoms with E-state index >= 15 is 0 Å². The van der Waals surface area contributed by atoms with Gasteiger partial charge < -0.3 is 10.1 Å². The van der Waals surface area contributed by atoms with Crippen LogP contribution in [0.3, 0.4) is 0 Å². The molecule has 0 aliphatic rings. The van der Waals surface area contributed by atoms with Crippen LogP contribution in [0.1, 0.15) is 20.3 Å². The van der Waals surface area contributed by atoms with Gasteiger partial charge >= 0.3 is 0 Å². The van der Waals surface area contributed by atoms with Crippen LogP contribution in [0.15, 0.2) is 0 Å². The number of nitrogens with one attached hydrogen (secondary N) is 1. The summed E-state index contributed by atoms with van der Waals surface area (Å²) >= 11 is 0. The second-order valence-corrected chi connectivity index (χ2v) is 2.49. The first-order chi connectivity index (χ1) is 5.31. The highest BCUT2D eigenvalue weighted by Gasteiger charge is 1.96. The Morgan fingerprint density at radius 3 is 2.82 bits per heavy atom. The zero-order valence-corrected chi connectivity index (χ0v) is 7.61. The van der Waals surface area contributed by atoms with Gasteiger partial charge in [0, 0.05) is 26.1 Å².